The molecule has 2 aromatic rings. The number of nitrogens with zero attached hydrogens (tertiary/aromatic N) is 3. The second-order valence-electron chi connectivity index (χ2n) is 4.89. The van der Waals surface area contributed by atoms with Crippen LogP contribution in [0, 0.1) is 5.92 Å². The summed E-state index contributed by atoms with van der Waals surface area (Å²) in [7, 11) is 0. The average Bonchev–Trinajstić information content (AvgIpc) is 2.91. The molecule has 1 unspecified atom stereocenters. The number of carbonyl (C=O) groups excluding carboxylic acids is 1. The van der Waals surface area contributed by atoms with Crippen LogP contribution in [-0.2, 0) is 6.54 Å². The van der Waals surface area contributed by atoms with Gasteiger partial charge in [-0.05, 0) is 34.0 Å². The number of benzene rings is 1. The molecule has 1 aromatic heterocycles. The zero-order valence-electron chi connectivity index (χ0n) is 11.5. The van der Waals surface area contributed by atoms with Gasteiger partial charge in [0.05, 0.1) is 30.5 Å². The van der Waals surface area contributed by atoms with Gasteiger partial charge < -0.3 is 5.32 Å². The van der Waals surface area contributed by atoms with Gasteiger partial charge in [-0.1, -0.05) is 26.0 Å². The van der Waals surface area contributed by atoms with Crippen molar-refractivity contribution in [3.05, 3.63) is 46.7 Å². The molecule has 0 aliphatic rings. The highest BCUT2D eigenvalue weighted by molar-refractivity contribution is 9.10. The van der Waals surface area contributed by atoms with E-state index in [9.17, 15) is 4.79 Å². The van der Waals surface area contributed by atoms with Gasteiger partial charge >= 0.3 is 0 Å². The Bertz CT molecular complexity index is 568. The normalized spacial score (nSPS) is 12.4. The molecule has 1 heterocycles. The average molecular weight is 337 g/mol. The van der Waals surface area contributed by atoms with Crippen LogP contribution in [0.4, 0.5) is 0 Å². The van der Waals surface area contributed by atoms with Crippen molar-refractivity contribution < 1.29 is 4.79 Å². The molecule has 0 fully saturated rings. The first-order valence-electron chi connectivity index (χ1n) is 6.47. The predicted octanol–water partition coefficient (Wildman–Crippen LogP) is 2.50. The Balaban J connectivity index is 2.08. The molecule has 1 atom stereocenters. The molecule has 1 aromatic carbocycles. The number of amides is 1. The van der Waals surface area contributed by atoms with E-state index in [0.717, 1.165) is 4.47 Å². The highest BCUT2D eigenvalue weighted by Gasteiger charge is 2.19. The molecule has 1 amide bonds. The maximum atomic E-state index is 12.3. The van der Waals surface area contributed by atoms with E-state index >= 15 is 0 Å². The van der Waals surface area contributed by atoms with Gasteiger partial charge in [-0.25, -0.2) is 0 Å². The standard InChI is InChI=1S/C14H17BrN4O/c1-10(2)13(9-19-16-7-8-17-19)18-14(20)11-5-3-4-6-12(11)15/h3-8,10,13H,9H2,1-2H3,(H,18,20). The summed E-state index contributed by atoms with van der Waals surface area (Å²) >= 11 is 3.39. The summed E-state index contributed by atoms with van der Waals surface area (Å²) in [5.74, 6) is 0.191. The van der Waals surface area contributed by atoms with Gasteiger partial charge in [0, 0.05) is 4.47 Å². The zero-order valence-corrected chi connectivity index (χ0v) is 13.0. The third-order valence-electron chi connectivity index (χ3n) is 3.07. The van der Waals surface area contributed by atoms with Gasteiger partial charge in [0.15, 0.2) is 0 Å². The second-order valence-corrected chi connectivity index (χ2v) is 5.74. The summed E-state index contributed by atoms with van der Waals surface area (Å²) < 4.78 is 0.789. The van der Waals surface area contributed by atoms with E-state index < -0.39 is 0 Å². The molecule has 20 heavy (non-hydrogen) atoms. The maximum Gasteiger partial charge on any atom is 0.252 e. The van der Waals surface area contributed by atoms with Gasteiger partial charge in [0.25, 0.3) is 5.91 Å². The first kappa shape index (κ1) is 14.7. The number of nitrogens with one attached hydrogen (secondary N) is 1. The van der Waals surface area contributed by atoms with E-state index in [-0.39, 0.29) is 17.9 Å². The number of rotatable bonds is 5. The van der Waals surface area contributed by atoms with Crippen LogP contribution in [0.1, 0.15) is 24.2 Å². The van der Waals surface area contributed by atoms with Crippen molar-refractivity contribution in [2.75, 3.05) is 0 Å². The lowest BCUT2D eigenvalue weighted by atomic mass is 10.0. The quantitative estimate of drug-likeness (QED) is 0.912. The van der Waals surface area contributed by atoms with Crippen LogP contribution in [0.3, 0.4) is 0 Å². The van der Waals surface area contributed by atoms with Crippen molar-refractivity contribution in [2.24, 2.45) is 5.92 Å². The Labute approximate surface area is 126 Å². The zero-order chi connectivity index (χ0) is 14.5. The number of halogens is 1. The van der Waals surface area contributed by atoms with Crippen LogP contribution in [0.15, 0.2) is 41.1 Å². The third-order valence-corrected chi connectivity index (χ3v) is 3.76. The molecular weight excluding hydrogens is 320 g/mol. The fourth-order valence-electron chi connectivity index (χ4n) is 1.83. The van der Waals surface area contributed by atoms with Crippen molar-refractivity contribution in [2.45, 2.75) is 26.4 Å². The molecule has 2 rings (SSSR count). The van der Waals surface area contributed by atoms with E-state index in [4.69, 9.17) is 0 Å². The van der Waals surface area contributed by atoms with Crippen LogP contribution in [-0.4, -0.2) is 26.9 Å². The van der Waals surface area contributed by atoms with Crippen LogP contribution in [0.2, 0.25) is 0 Å². The Morgan fingerprint density at radius 3 is 2.55 bits per heavy atom. The summed E-state index contributed by atoms with van der Waals surface area (Å²) in [5.41, 5.74) is 0.631. The van der Waals surface area contributed by atoms with Crippen molar-refractivity contribution >= 4 is 21.8 Å². The minimum Gasteiger partial charge on any atom is -0.347 e. The molecule has 1 N–H and O–H groups in total. The second kappa shape index (κ2) is 6.65. The lowest BCUT2D eigenvalue weighted by Gasteiger charge is -2.22. The van der Waals surface area contributed by atoms with Crippen LogP contribution in [0.5, 0.6) is 0 Å². The number of aromatic nitrogens is 3. The molecular formula is C14H17BrN4O. The summed E-state index contributed by atoms with van der Waals surface area (Å²) in [6, 6.07) is 7.35. The Morgan fingerprint density at radius 1 is 1.30 bits per heavy atom. The molecule has 0 saturated carbocycles. The van der Waals surface area contributed by atoms with Crippen molar-refractivity contribution in [3.63, 3.8) is 0 Å². The fourth-order valence-corrected chi connectivity index (χ4v) is 2.29. The SMILES string of the molecule is CC(C)C(Cn1nccn1)NC(=O)c1ccccc1Br. The van der Waals surface area contributed by atoms with E-state index in [1.165, 1.54) is 0 Å². The van der Waals surface area contributed by atoms with Gasteiger partial charge in [-0.3, -0.25) is 4.79 Å². The first-order valence-corrected chi connectivity index (χ1v) is 7.26. The molecule has 106 valence electrons. The molecule has 0 saturated heterocycles. The number of hydrogen-bond donors (Lipinski definition) is 1. The molecule has 5 nitrogen and oxygen atoms in total. The first-order chi connectivity index (χ1) is 9.58. The lowest BCUT2D eigenvalue weighted by molar-refractivity contribution is 0.0917. The van der Waals surface area contributed by atoms with Crippen LogP contribution < -0.4 is 5.32 Å². The van der Waals surface area contributed by atoms with Gasteiger partial charge in [-0.2, -0.15) is 15.0 Å². The van der Waals surface area contributed by atoms with Crippen molar-refractivity contribution in [1.82, 2.24) is 20.3 Å². The van der Waals surface area contributed by atoms with Gasteiger partial charge in [-0.15, -0.1) is 0 Å². The molecule has 0 bridgehead atoms. The maximum absolute atomic E-state index is 12.3. The summed E-state index contributed by atoms with van der Waals surface area (Å²) in [5, 5.41) is 11.2. The molecule has 0 radical (unpaired) electrons. The van der Waals surface area contributed by atoms with Crippen molar-refractivity contribution in [3.8, 4) is 0 Å². The monoisotopic (exact) mass is 336 g/mol. The van der Waals surface area contributed by atoms with Gasteiger partial charge in [0.2, 0.25) is 0 Å². The molecule has 0 aliphatic heterocycles. The highest BCUT2D eigenvalue weighted by atomic mass is 79.9. The number of hydrogen-bond acceptors (Lipinski definition) is 3. The molecule has 0 aliphatic carbocycles. The van der Waals surface area contributed by atoms with Crippen LogP contribution >= 0.6 is 15.9 Å². The minimum atomic E-state index is -0.0941. The summed E-state index contributed by atoms with van der Waals surface area (Å²) in [6.07, 6.45) is 3.26. The fraction of sp³-hybridized carbons (Fsp3) is 0.357. The van der Waals surface area contributed by atoms with Crippen LogP contribution in [0.25, 0.3) is 0 Å². The third kappa shape index (κ3) is 3.66. The van der Waals surface area contributed by atoms with E-state index in [2.05, 4.69) is 45.3 Å². The molecule has 6 heteroatoms. The smallest absolute Gasteiger partial charge is 0.252 e. The Kier molecular flexibility index (Phi) is 4.89. The topological polar surface area (TPSA) is 59.8 Å². The summed E-state index contributed by atoms with van der Waals surface area (Å²) in [6.45, 7) is 4.68. The minimum absolute atomic E-state index is 0.0259. The Morgan fingerprint density at radius 2 is 1.95 bits per heavy atom. The van der Waals surface area contributed by atoms with Crippen molar-refractivity contribution in [1.29, 1.82) is 0 Å². The van der Waals surface area contributed by atoms with E-state index in [1.807, 2.05) is 18.2 Å². The van der Waals surface area contributed by atoms with E-state index in [1.54, 1.807) is 23.3 Å². The predicted molar refractivity (Wildman–Crippen MR) is 80.3 cm³/mol. The van der Waals surface area contributed by atoms with Gasteiger partial charge in [0.1, 0.15) is 0 Å². The number of carbonyl (C=O) groups is 1. The lowest BCUT2D eigenvalue weighted by Crippen LogP contribution is -2.42. The molecule has 0 spiro atoms. The highest BCUT2D eigenvalue weighted by Crippen LogP contribution is 2.16. The Hall–Kier alpha value is -1.69. The summed E-state index contributed by atoms with van der Waals surface area (Å²) in [4.78, 5) is 13.9. The van der Waals surface area contributed by atoms with E-state index in [0.29, 0.717) is 12.1 Å². The largest absolute Gasteiger partial charge is 0.347 e.